The molecule has 0 aromatic carbocycles. The highest BCUT2D eigenvalue weighted by molar-refractivity contribution is 5.86. The normalized spacial score (nSPS) is 12.4. The number of aromatic nitrogens is 2. The van der Waals surface area contributed by atoms with Gasteiger partial charge in [-0.2, -0.15) is 0 Å². The lowest BCUT2D eigenvalue weighted by Gasteiger charge is -2.11. The van der Waals surface area contributed by atoms with E-state index < -0.39 is 11.5 Å². The Morgan fingerprint density at radius 1 is 1.73 bits per heavy atom. The van der Waals surface area contributed by atoms with Crippen molar-refractivity contribution in [1.82, 2.24) is 9.97 Å². The van der Waals surface area contributed by atoms with Crippen molar-refractivity contribution in [3.63, 3.8) is 0 Å². The minimum atomic E-state index is -1.29. The van der Waals surface area contributed by atoms with Crippen LogP contribution in [-0.2, 0) is 4.74 Å². The monoisotopic (exact) mass is 212 g/mol. The van der Waals surface area contributed by atoms with Gasteiger partial charge < -0.3 is 14.8 Å². The van der Waals surface area contributed by atoms with Gasteiger partial charge >= 0.3 is 5.97 Å². The van der Waals surface area contributed by atoms with Crippen LogP contribution in [0.2, 0.25) is 0 Å². The Hall–Kier alpha value is -1.69. The number of carbonyl (C=O) groups is 1. The average Bonchev–Trinajstić information content (AvgIpc) is 2.19. The van der Waals surface area contributed by atoms with E-state index in [2.05, 4.69) is 9.97 Å². The highest BCUT2D eigenvalue weighted by Crippen LogP contribution is 2.13. The number of hydrogen-bond donors (Lipinski definition) is 2. The zero-order chi connectivity index (χ0) is 11.4. The van der Waals surface area contributed by atoms with Crippen LogP contribution in [0.25, 0.3) is 0 Å². The van der Waals surface area contributed by atoms with E-state index in [0.29, 0.717) is 12.2 Å². The first-order valence-corrected chi connectivity index (χ1v) is 4.45. The van der Waals surface area contributed by atoms with E-state index >= 15 is 0 Å². The van der Waals surface area contributed by atoms with Crippen LogP contribution in [0.5, 0.6) is 0 Å². The lowest BCUT2D eigenvalue weighted by Crippen LogP contribution is -2.21. The van der Waals surface area contributed by atoms with Gasteiger partial charge in [-0.15, -0.1) is 0 Å². The maximum atomic E-state index is 11.3. The largest absolute Gasteiger partial charge is 0.477 e. The van der Waals surface area contributed by atoms with E-state index in [9.17, 15) is 9.59 Å². The first-order valence-electron chi connectivity index (χ1n) is 4.45. The molecule has 1 atom stereocenters. The zero-order valence-electron chi connectivity index (χ0n) is 8.48. The summed E-state index contributed by atoms with van der Waals surface area (Å²) in [4.78, 5) is 28.1. The van der Waals surface area contributed by atoms with Gasteiger partial charge in [-0.1, -0.05) is 6.92 Å². The van der Waals surface area contributed by atoms with Crippen molar-refractivity contribution < 1.29 is 14.6 Å². The van der Waals surface area contributed by atoms with Gasteiger partial charge in [0.05, 0.1) is 0 Å². The van der Waals surface area contributed by atoms with Gasteiger partial charge in [-0.3, -0.25) is 4.79 Å². The van der Waals surface area contributed by atoms with Crippen LogP contribution in [0.4, 0.5) is 0 Å². The SMILES string of the molecule is CCC(OC)c1ncc(C(=O)O)c(=O)[nH]1. The number of ether oxygens (including phenoxy) is 1. The van der Waals surface area contributed by atoms with Gasteiger partial charge in [0.2, 0.25) is 0 Å². The molecule has 0 saturated heterocycles. The van der Waals surface area contributed by atoms with Crippen molar-refractivity contribution in [2.24, 2.45) is 0 Å². The summed E-state index contributed by atoms with van der Waals surface area (Å²) in [6, 6.07) is 0. The molecule has 1 aromatic rings. The Bertz CT molecular complexity index is 409. The fourth-order valence-corrected chi connectivity index (χ4v) is 1.20. The van der Waals surface area contributed by atoms with E-state index in [-0.39, 0.29) is 11.7 Å². The second kappa shape index (κ2) is 4.70. The summed E-state index contributed by atoms with van der Waals surface area (Å²) >= 11 is 0. The standard InChI is InChI=1S/C9H12N2O4/c1-3-6(15-2)7-10-4-5(9(13)14)8(12)11-7/h4,6H,3H2,1-2H3,(H,13,14)(H,10,11,12). The van der Waals surface area contributed by atoms with Gasteiger partial charge in [-0.25, -0.2) is 9.78 Å². The predicted octanol–water partition coefficient (Wildman–Crippen LogP) is 0.566. The molecule has 0 bridgehead atoms. The number of nitrogens with zero attached hydrogens (tertiary/aromatic N) is 1. The third-order valence-electron chi connectivity index (χ3n) is 2.01. The summed E-state index contributed by atoms with van der Waals surface area (Å²) in [7, 11) is 1.50. The van der Waals surface area contributed by atoms with Crippen molar-refractivity contribution in [3.05, 3.63) is 27.9 Å². The fraction of sp³-hybridized carbons (Fsp3) is 0.444. The summed E-state index contributed by atoms with van der Waals surface area (Å²) in [5.74, 6) is -0.948. The highest BCUT2D eigenvalue weighted by Gasteiger charge is 2.14. The van der Waals surface area contributed by atoms with Crippen molar-refractivity contribution in [2.75, 3.05) is 7.11 Å². The number of carboxylic acids is 1. The second-order valence-corrected chi connectivity index (χ2v) is 2.95. The molecule has 0 saturated carbocycles. The topological polar surface area (TPSA) is 92.3 Å². The van der Waals surface area contributed by atoms with Gasteiger partial charge in [0.1, 0.15) is 17.5 Å². The van der Waals surface area contributed by atoms with Crippen LogP contribution >= 0.6 is 0 Å². The summed E-state index contributed by atoms with van der Waals surface area (Å²) in [6.45, 7) is 1.87. The first kappa shape index (κ1) is 11.4. The van der Waals surface area contributed by atoms with E-state index in [1.54, 1.807) is 0 Å². The number of rotatable bonds is 4. The molecule has 82 valence electrons. The van der Waals surface area contributed by atoms with Crippen LogP contribution in [-0.4, -0.2) is 28.2 Å². The number of carboxylic acid groups (broad SMARTS) is 1. The van der Waals surface area contributed by atoms with Crippen LogP contribution < -0.4 is 5.56 Å². The average molecular weight is 212 g/mol. The van der Waals surface area contributed by atoms with Crippen molar-refractivity contribution >= 4 is 5.97 Å². The number of hydrogen-bond acceptors (Lipinski definition) is 4. The molecule has 1 heterocycles. The van der Waals surface area contributed by atoms with E-state index in [4.69, 9.17) is 9.84 Å². The third-order valence-corrected chi connectivity index (χ3v) is 2.01. The van der Waals surface area contributed by atoms with Crippen molar-refractivity contribution in [1.29, 1.82) is 0 Å². The molecule has 0 aliphatic heterocycles. The molecular weight excluding hydrogens is 200 g/mol. The molecule has 0 spiro atoms. The Kier molecular flexibility index (Phi) is 3.56. The Morgan fingerprint density at radius 2 is 2.40 bits per heavy atom. The molecule has 6 nitrogen and oxygen atoms in total. The molecule has 0 aliphatic carbocycles. The van der Waals surface area contributed by atoms with Gasteiger partial charge in [-0.05, 0) is 6.42 Å². The molecule has 1 unspecified atom stereocenters. The number of methoxy groups -OCH3 is 1. The van der Waals surface area contributed by atoms with Crippen molar-refractivity contribution in [2.45, 2.75) is 19.4 Å². The lowest BCUT2D eigenvalue weighted by atomic mass is 10.2. The first-order chi connectivity index (χ1) is 7.10. The maximum Gasteiger partial charge on any atom is 0.342 e. The van der Waals surface area contributed by atoms with Crippen LogP contribution in [0.1, 0.15) is 35.6 Å². The van der Waals surface area contributed by atoms with E-state index in [1.807, 2.05) is 6.92 Å². The van der Waals surface area contributed by atoms with Crippen LogP contribution in [0.15, 0.2) is 11.0 Å². The summed E-state index contributed by atoms with van der Waals surface area (Å²) in [5.41, 5.74) is -1.03. The minimum Gasteiger partial charge on any atom is -0.477 e. The smallest absolute Gasteiger partial charge is 0.342 e. The molecule has 6 heteroatoms. The molecule has 0 aliphatic rings. The molecule has 0 amide bonds. The van der Waals surface area contributed by atoms with Gasteiger partial charge in [0.25, 0.3) is 5.56 Å². The molecule has 1 rings (SSSR count). The number of aromatic amines is 1. The summed E-state index contributed by atoms with van der Waals surface area (Å²) < 4.78 is 5.06. The summed E-state index contributed by atoms with van der Waals surface area (Å²) in [6.07, 6.45) is 1.37. The van der Waals surface area contributed by atoms with Gasteiger partial charge in [0, 0.05) is 13.3 Å². The number of nitrogens with one attached hydrogen (secondary N) is 1. The Labute approximate surface area is 85.9 Å². The molecule has 15 heavy (non-hydrogen) atoms. The number of H-pyrrole nitrogens is 1. The molecule has 0 radical (unpaired) electrons. The second-order valence-electron chi connectivity index (χ2n) is 2.95. The molecule has 2 N–H and O–H groups in total. The maximum absolute atomic E-state index is 11.3. The number of aromatic carboxylic acids is 1. The third kappa shape index (κ3) is 2.41. The predicted molar refractivity (Wildman–Crippen MR) is 51.9 cm³/mol. The molecule has 1 aromatic heterocycles. The molecular formula is C9H12N2O4. The van der Waals surface area contributed by atoms with Gasteiger partial charge in [0.15, 0.2) is 0 Å². The molecule has 0 fully saturated rings. The van der Waals surface area contributed by atoms with E-state index in [1.165, 1.54) is 7.11 Å². The van der Waals surface area contributed by atoms with Crippen molar-refractivity contribution in [3.8, 4) is 0 Å². The fourth-order valence-electron chi connectivity index (χ4n) is 1.20. The minimum absolute atomic E-state index is 0.319. The van der Waals surface area contributed by atoms with E-state index in [0.717, 1.165) is 6.20 Å². The zero-order valence-corrected chi connectivity index (χ0v) is 8.48. The Balaban J connectivity index is 3.11. The van der Waals surface area contributed by atoms with Crippen LogP contribution in [0, 0.1) is 0 Å². The highest BCUT2D eigenvalue weighted by atomic mass is 16.5. The lowest BCUT2D eigenvalue weighted by molar-refractivity contribution is 0.0692. The quantitative estimate of drug-likeness (QED) is 0.760. The summed E-state index contributed by atoms with van der Waals surface area (Å²) in [5, 5.41) is 8.62. The Morgan fingerprint density at radius 3 is 2.80 bits per heavy atom. The van der Waals surface area contributed by atoms with Crippen LogP contribution in [0.3, 0.4) is 0 Å².